The Balaban J connectivity index is 0.00000110. The molecule has 4 aromatic carbocycles. The zero-order valence-corrected chi connectivity index (χ0v) is 28.9. The number of aryl methyl sites for hydroxylation is 2. The molecule has 47 heavy (non-hydrogen) atoms. The molecule has 0 aliphatic carbocycles. The number of fused-ring (bicyclic) bond motifs is 1. The first-order chi connectivity index (χ1) is 21.7. The van der Waals surface area contributed by atoms with E-state index in [0.717, 1.165) is 50.3 Å². The predicted octanol–water partition coefficient (Wildman–Crippen LogP) is 6.44. The minimum absolute atomic E-state index is 0. The van der Waals surface area contributed by atoms with Crippen LogP contribution in [-0.2, 0) is 39.2 Å². The van der Waals surface area contributed by atoms with E-state index in [1.165, 1.54) is 11.1 Å². The van der Waals surface area contributed by atoms with E-state index >= 15 is 0 Å². The van der Waals surface area contributed by atoms with E-state index in [-0.39, 0.29) is 28.3 Å². The topological polar surface area (TPSA) is 145 Å². The van der Waals surface area contributed by atoms with E-state index in [2.05, 4.69) is 39.8 Å². The molecule has 0 aliphatic rings. The molecule has 9 heteroatoms. The largest absolute Gasteiger partial charge is 2.00 e. The van der Waals surface area contributed by atoms with E-state index in [1.807, 2.05) is 48.5 Å². The Morgan fingerprint density at radius 2 is 1.00 bits per heavy atom. The van der Waals surface area contributed by atoms with Crippen molar-refractivity contribution in [3.63, 3.8) is 0 Å². The normalized spacial score (nSPS) is 10.8. The van der Waals surface area contributed by atoms with Crippen LogP contribution in [0.1, 0.15) is 76.6 Å². The maximum atomic E-state index is 10.5. The Hall–Kier alpha value is -4.47. The number of nitrogens with zero attached hydrogens (tertiary/aromatic N) is 2. The zero-order valence-electron chi connectivity index (χ0n) is 27.8. The third kappa shape index (κ3) is 15.6. The van der Waals surface area contributed by atoms with Gasteiger partial charge >= 0.3 is 16.8 Å². The van der Waals surface area contributed by atoms with Gasteiger partial charge in [-0.15, -0.1) is 0 Å². The average molecular weight is 684 g/mol. The van der Waals surface area contributed by atoms with E-state index < -0.39 is 11.9 Å². The molecule has 0 saturated carbocycles. The number of carbonyl (C=O) groups excluding carboxylic acids is 2. The second-order valence-corrected chi connectivity index (χ2v) is 11.8. The number of hydrogen-bond acceptors (Lipinski definition) is 8. The number of aliphatic carboxylic acids is 2. The Labute approximate surface area is 288 Å². The maximum Gasteiger partial charge on any atom is 2.00 e. The Morgan fingerprint density at radius 3 is 1.32 bits per heavy atom. The second-order valence-electron chi connectivity index (χ2n) is 11.8. The van der Waals surface area contributed by atoms with Crippen LogP contribution in [0.4, 0.5) is 11.4 Å². The summed E-state index contributed by atoms with van der Waals surface area (Å²) < 4.78 is 0. The van der Waals surface area contributed by atoms with Crippen molar-refractivity contribution in [3.05, 3.63) is 95.1 Å². The van der Waals surface area contributed by atoms with Gasteiger partial charge in [0.15, 0.2) is 0 Å². The number of carbonyl (C=O) groups is 2. The molecule has 8 nitrogen and oxygen atoms in total. The van der Waals surface area contributed by atoms with Gasteiger partial charge in [-0.3, -0.25) is 9.98 Å². The van der Waals surface area contributed by atoms with Crippen molar-refractivity contribution in [2.24, 2.45) is 21.8 Å². The third-order valence-corrected chi connectivity index (χ3v) is 6.73. The third-order valence-electron chi connectivity index (χ3n) is 6.73. The first-order valence-corrected chi connectivity index (χ1v) is 15.3. The number of phenolic OH excluding ortho intramolecular Hbond substituents is 2. The molecule has 1 radical (unpaired) electrons. The fraction of sp³-hybridized carbons (Fsp3) is 0.316. The molecule has 0 fully saturated rings. The molecule has 0 aliphatic heterocycles. The maximum absolute atomic E-state index is 10.5. The fourth-order valence-corrected chi connectivity index (χ4v) is 4.34. The number of benzene rings is 4. The predicted molar refractivity (Wildman–Crippen MR) is 182 cm³/mol. The van der Waals surface area contributed by atoms with Crippen molar-refractivity contribution in [1.29, 1.82) is 0 Å². The number of phenols is 2. The molecular weight excluding hydrogens is 639 g/mol. The van der Waals surface area contributed by atoms with E-state index in [4.69, 9.17) is 29.8 Å². The molecule has 0 atom stereocenters. The monoisotopic (exact) mass is 683 g/mol. The van der Waals surface area contributed by atoms with Crippen LogP contribution < -0.4 is 10.2 Å². The van der Waals surface area contributed by atoms with E-state index in [1.54, 1.807) is 24.6 Å². The molecule has 0 bridgehead atoms. The van der Waals surface area contributed by atoms with E-state index in [0.29, 0.717) is 34.3 Å². The van der Waals surface area contributed by atoms with Crippen LogP contribution in [0.5, 0.6) is 11.5 Å². The summed E-state index contributed by atoms with van der Waals surface area (Å²) in [4.78, 5) is 27.3. The second kappa shape index (κ2) is 20.6. The van der Waals surface area contributed by atoms with Gasteiger partial charge in [-0.2, -0.15) is 0 Å². The number of hydrogen-bond donors (Lipinski definition) is 2. The fourth-order valence-electron chi connectivity index (χ4n) is 4.34. The number of aliphatic imine (C=N–C) groups is 2. The first kappa shape index (κ1) is 40.6. The number of carboxylic acids is 2. The van der Waals surface area contributed by atoms with Crippen LogP contribution in [0, 0.1) is 11.8 Å². The smallest absolute Gasteiger partial charge is 0.550 e. The van der Waals surface area contributed by atoms with Crippen LogP contribution in [0.15, 0.2) is 82.8 Å². The van der Waals surface area contributed by atoms with Crippen LogP contribution >= 0.6 is 0 Å². The summed E-state index contributed by atoms with van der Waals surface area (Å²) in [7, 11) is 0. The van der Waals surface area contributed by atoms with Crippen LogP contribution in [-0.4, -0.2) is 34.6 Å². The molecule has 0 unspecified atom stereocenters. The minimum Gasteiger partial charge on any atom is -0.550 e. The Kier molecular flexibility index (Phi) is 17.8. The van der Waals surface area contributed by atoms with Crippen molar-refractivity contribution < 1.29 is 46.8 Å². The standard InChI is InChI=1S/C34H38N2O2.2C2H4O2.Co/c1-23(2)9-11-25-13-15-33(37)29(17-25)21-35-31-19-27-7-5-6-8-28(27)20-32(31)36-22-30-18-26(12-10-24(3)4)14-16-34(30)38;2*1-2(3)4;/h5-8,13-24,37-38H,9-12H2,1-4H3;2*1H3,(H,3,4);/q;;;+2/p-2. The van der Waals surface area contributed by atoms with Gasteiger partial charge in [-0.05, 0) is 110 Å². The van der Waals surface area contributed by atoms with Gasteiger partial charge in [-0.25, -0.2) is 0 Å². The van der Waals surface area contributed by atoms with Crippen molar-refractivity contribution in [3.8, 4) is 11.5 Å². The van der Waals surface area contributed by atoms with Gasteiger partial charge < -0.3 is 30.0 Å². The molecule has 0 amide bonds. The van der Waals surface area contributed by atoms with Crippen molar-refractivity contribution in [1.82, 2.24) is 0 Å². The molecule has 251 valence electrons. The minimum atomic E-state index is -1.08. The van der Waals surface area contributed by atoms with Crippen LogP contribution in [0.3, 0.4) is 0 Å². The van der Waals surface area contributed by atoms with Crippen molar-refractivity contribution in [2.45, 2.75) is 67.2 Å². The van der Waals surface area contributed by atoms with Gasteiger partial charge in [0.1, 0.15) is 11.5 Å². The first-order valence-electron chi connectivity index (χ1n) is 15.3. The van der Waals surface area contributed by atoms with Crippen molar-refractivity contribution >= 4 is 46.5 Å². The van der Waals surface area contributed by atoms with Crippen LogP contribution in [0.2, 0.25) is 0 Å². The van der Waals surface area contributed by atoms with E-state index in [9.17, 15) is 10.2 Å². The van der Waals surface area contributed by atoms with Crippen molar-refractivity contribution in [2.75, 3.05) is 0 Å². The van der Waals surface area contributed by atoms with Gasteiger partial charge in [0.25, 0.3) is 0 Å². The molecule has 2 N–H and O–H groups in total. The molecule has 0 heterocycles. The SMILES string of the molecule is CC(=O)[O-].CC(=O)[O-].CC(C)CCc1ccc(O)c(C=Nc2cc3ccccc3cc2N=Cc2cc(CCC(C)C)ccc2O)c1.[Co+2]. The summed E-state index contributed by atoms with van der Waals surface area (Å²) in [6, 6.07) is 23.6. The van der Waals surface area contributed by atoms with Gasteiger partial charge in [0.2, 0.25) is 0 Å². The Morgan fingerprint density at radius 1 is 0.660 bits per heavy atom. The van der Waals surface area contributed by atoms with Gasteiger partial charge in [-0.1, -0.05) is 64.1 Å². The summed E-state index contributed by atoms with van der Waals surface area (Å²) in [5.41, 5.74) is 5.13. The summed E-state index contributed by atoms with van der Waals surface area (Å²) in [5, 5.41) is 40.8. The number of rotatable bonds is 10. The molecule has 0 aromatic heterocycles. The molecule has 0 saturated heterocycles. The quantitative estimate of drug-likeness (QED) is 0.184. The molecule has 4 rings (SSSR count). The summed E-state index contributed by atoms with van der Waals surface area (Å²) in [6.45, 7) is 10.8. The molecular formula is C38H44CoN2O6. The zero-order chi connectivity index (χ0) is 34.2. The average Bonchev–Trinajstić information content (AvgIpc) is 2.98. The van der Waals surface area contributed by atoms with Gasteiger partial charge in [0, 0.05) is 35.5 Å². The molecule has 0 spiro atoms. The molecule has 4 aromatic rings. The summed E-state index contributed by atoms with van der Waals surface area (Å²) >= 11 is 0. The number of carboxylic acid groups (broad SMARTS) is 2. The van der Waals surface area contributed by atoms with Crippen LogP contribution in [0.25, 0.3) is 10.8 Å². The summed E-state index contributed by atoms with van der Waals surface area (Å²) in [6.07, 6.45) is 7.53. The number of aromatic hydroxyl groups is 2. The summed E-state index contributed by atoms with van der Waals surface area (Å²) in [5.74, 6) is -0.518. The Bertz CT molecular complexity index is 1530. The van der Waals surface area contributed by atoms with Gasteiger partial charge in [0.05, 0.1) is 11.4 Å².